The Morgan fingerprint density at radius 1 is 0.944 bits per heavy atom. The van der Waals surface area contributed by atoms with Gasteiger partial charge in [0.2, 0.25) is 0 Å². The summed E-state index contributed by atoms with van der Waals surface area (Å²) in [4.78, 5) is 25.1. The van der Waals surface area contributed by atoms with E-state index in [0.29, 0.717) is 25.0 Å². The molecule has 1 aromatic rings. The van der Waals surface area contributed by atoms with Crippen LogP contribution in [0.4, 0.5) is 0 Å². The molecule has 1 fully saturated rings. The molecule has 2 rings (SSSR count). The molecule has 0 amide bonds. The Morgan fingerprint density at radius 2 is 1.58 bits per heavy atom. The van der Waals surface area contributed by atoms with Gasteiger partial charge in [-0.05, 0) is 24.8 Å². The Labute approximate surface area is 219 Å². The van der Waals surface area contributed by atoms with Crippen molar-refractivity contribution in [1.29, 1.82) is 0 Å². The first-order chi connectivity index (χ1) is 17.6. The number of esters is 2. The van der Waals surface area contributed by atoms with E-state index in [0.717, 1.165) is 37.7 Å². The van der Waals surface area contributed by atoms with Crippen molar-refractivity contribution in [3.63, 3.8) is 0 Å². The number of carbonyl (C=O) groups is 2. The molecule has 1 aliphatic heterocycles. The van der Waals surface area contributed by atoms with E-state index in [4.69, 9.17) is 14.2 Å². The maximum absolute atomic E-state index is 12.6. The molecule has 0 spiro atoms. The highest BCUT2D eigenvalue weighted by Gasteiger charge is 2.37. The molecule has 0 aromatic heterocycles. The lowest BCUT2D eigenvalue weighted by atomic mass is 10.0. The third-order valence-corrected chi connectivity index (χ3v) is 6.72. The fraction of sp³-hybridized carbons (Fsp3) is 0.677. The molecule has 0 bridgehead atoms. The predicted octanol–water partition coefficient (Wildman–Crippen LogP) is 7.86. The summed E-state index contributed by atoms with van der Waals surface area (Å²) in [5.41, 5.74) is 1.76. The molecule has 1 saturated heterocycles. The minimum atomic E-state index is -0.592. The minimum absolute atomic E-state index is 0.208. The van der Waals surface area contributed by atoms with E-state index in [1.165, 1.54) is 51.4 Å². The topological polar surface area (TPSA) is 61.8 Å². The Kier molecular flexibility index (Phi) is 15.9. The molecule has 2 atom stereocenters. The molecule has 1 heterocycles. The zero-order valence-corrected chi connectivity index (χ0v) is 22.7. The summed E-state index contributed by atoms with van der Waals surface area (Å²) >= 11 is 0. The van der Waals surface area contributed by atoms with Crippen LogP contribution in [0.25, 0.3) is 0 Å². The molecule has 1 aliphatic rings. The summed E-state index contributed by atoms with van der Waals surface area (Å²) < 4.78 is 17.4. The highest BCUT2D eigenvalue weighted by Crippen LogP contribution is 2.26. The normalized spacial score (nSPS) is 17.3. The number of unbranched alkanes of at least 4 members (excludes halogenated alkanes) is 11. The maximum Gasteiger partial charge on any atom is 0.334 e. The molecule has 5 heteroatoms. The van der Waals surface area contributed by atoms with Crippen LogP contribution in [0, 0.1) is 0 Å². The molecule has 0 unspecified atom stereocenters. The second-order valence-electron chi connectivity index (χ2n) is 9.98. The van der Waals surface area contributed by atoms with Crippen molar-refractivity contribution in [3.05, 3.63) is 47.5 Å². The second kappa shape index (κ2) is 19.0. The van der Waals surface area contributed by atoms with Crippen molar-refractivity contribution in [3.8, 4) is 0 Å². The van der Waals surface area contributed by atoms with E-state index in [9.17, 15) is 9.59 Å². The van der Waals surface area contributed by atoms with E-state index in [-0.39, 0.29) is 18.5 Å². The van der Waals surface area contributed by atoms with Gasteiger partial charge in [0.1, 0.15) is 6.10 Å². The summed E-state index contributed by atoms with van der Waals surface area (Å²) in [6, 6.07) is 9.90. The molecule has 36 heavy (non-hydrogen) atoms. The lowest BCUT2D eigenvalue weighted by Gasteiger charge is -2.22. The number of hydrogen-bond donors (Lipinski definition) is 0. The van der Waals surface area contributed by atoms with E-state index in [2.05, 4.69) is 13.8 Å². The lowest BCUT2D eigenvalue weighted by Crippen LogP contribution is -2.35. The van der Waals surface area contributed by atoms with Crippen molar-refractivity contribution in [2.75, 3.05) is 6.61 Å². The Bertz CT molecular complexity index is 757. The number of cyclic esters (lactones) is 1. The smallest absolute Gasteiger partial charge is 0.334 e. The van der Waals surface area contributed by atoms with Gasteiger partial charge in [0, 0.05) is 18.4 Å². The Morgan fingerprint density at radius 3 is 2.28 bits per heavy atom. The van der Waals surface area contributed by atoms with E-state index in [1.807, 2.05) is 36.4 Å². The maximum atomic E-state index is 12.6. The van der Waals surface area contributed by atoms with Crippen molar-refractivity contribution in [1.82, 2.24) is 0 Å². The minimum Gasteiger partial charge on any atom is -0.456 e. The fourth-order valence-corrected chi connectivity index (χ4v) is 4.49. The molecule has 0 radical (unpaired) electrons. The molecule has 202 valence electrons. The molecule has 0 saturated carbocycles. The molecule has 5 nitrogen and oxygen atoms in total. The lowest BCUT2D eigenvalue weighted by molar-refractivity contribution is -0.166. The van der Waals surface area contributed by atoms with Gasteiger partial charge in [-0.2, -0.15) is 0 Å². The molecule has 0 aliphatic carbocycles. The van der Waals surface area contributed by atoms with Crippen LogP contribution in [0.1, 0.15) is 116 Å². The average Bonchev–Trinajstić information content (AvgIpc) is 3.25. The highest BCUT2D eigenvalue weighted by molar-refractivity contribution is 5.90. The first-order valence-corrected chi connectivity index (χ1v) is 14.3. The first-order valence-electron chi connectivity index (χ1n) is 14.3. The van der Waals surface area contributed by atoms with Crippen LogP contribution in [-0.2, 0) is 30.4 Å². The molecule has 0 N–H and O–H groups in total. The SMILES string of the molecule is CCCCCCCC/C=C1\C[C@@H]([C@H](COCc2ccccc2)OC(=O)CCCCCCCC)OC1=O. The summed E-state index contributed by atoms with van der Waals surface area (Å²) in [7, 11) is 0. The Balaban J connectivity index is 1.84. The van der Waals surface area contributed by atoms with Crippen molar-refractivity contribution in [2.24, 2.45) is 0 Å². The third-order valence-electron chi connectivity index (χ3n) is 6.72. The van der Waals surface area contributed by atoms with Crippen LogP contribution >= 0.6 is 0 Å². The van der Waals surface area contributed by atoms with Gasteiger partial charge in [-0.25, -0.2) is 4.79 Å². The zero-order valence-electron chi connectivity index (χ0n) is 22.7. The zero-order chi connectivity index (χ0) is 25.8. The van der Waals surface area contributed by atoms with E-state index >= 15 is 0 Å². The molecular weight excluding hydrogens is 452 g/mol. The summed E-state index contributed by atoms with van der Waals surface area (Å²) in [6.07, 6.45) is 16.7. The monoisotopic (exact) mass is 500 g/mol. The second-order valence-corrected chi connectivity index (χ2v) is 9.98. The summed E-state index contributed by atoms with van der Waals surface area (Å²) in [6.45, 7) is 5.05. The number of rotatable bonds is 20. The number of benzene rings is 1. The van der Waals surface area contributed by atoms with Crippen LogP contribution in [0.5, 0.6) is 0 Å². The largest absolute Gasteiger partial charge is 0.456 e. The van der Waals surface area contributed by atoms with Crippen LogP contribution in [0.2, 0.25) is 0 Å². The van der Waals surface area contributed by atoms with Crippen LogP contribution in [0.3, 0.4) is 0 Å². The van der Waals surface area contributed by atoms with E-state index < -0.39 is 12.2 Å². The van der Waals surface area contributed by atoms with Gasteiger partial charge in [0.05, 0.1) is 13.2 Å². The van der Waals surface area contributed by atoms with Crippen molar-refractivity contribution < 1.29 is 23.8 Å². The quantitative estimate of drug-likeness (QED) is 0.104. The number of allylic oxidation sites excluding steroid dienone is 1. The van der Waals surface area contributed by atoms with Crippen LogP contribution in [0.15, 0.2) is 42.0 Å². The van der Waals surface area contributed by atoms with Crippen molar-refractivity contribution >= 4 is 11.9 Å². The standard InChI is InChI=1S/C31H48O5/c1-3-5-7-9-11-12-17-21-27-23-28(36-31(27)33)29(25-34-24-26-19-15-14-16-20-26)35-30(32)22-18-13-10-8-6-4-2/h14-16,19-21,28-29H,3-13,17-18,22-25H2,1-2H3/b27-21+/t28-,29-/m0/s1. The predicted molar refractivity (Wildman–Crippen MR) is 145 cm³/mol. The highest BCUT2D eigenvalue weighted by atomic mass is 16.6. The van der Waals surface area contributed by atoms with Crippen molar-refractivity contribution in [2.45, 2.75) is 129 Å². The molecular formula is C31H48O5. The summed E-state index contributed by atoms with van der Waals surface area (Å²) in [5, 5.41) is 0. The summed E-state index contributed by atoms with van der Waals surface area (Å²) in [5.74, 6) is -0.523. The number of ether oxygens (including phenoxy) is 3. The average molecular weight is 501 g/mol. The van der Waals surface area contributed by atoms with Crippen LogP contribution in [-0.4, -0.2) is 30.8 Å². The fourth-order valence-electron chi connectivity index (χ4n) is 4.49. The number of hydrogen-bond acceptors (Lipinski definition) is 5. The van der Waals surface area contributed by atoms with Gasteiger partial charge in [-0.1, -0.05) is 114 Å². The van der Waals surface area contributed by atoms with Gasteiger partial charge in [-0.15, -0.1) is 0 Å². The van der Waals surface area contributed by atoms with Crippen LogP contribution < -0.4 is 0 Å². The van der Waals surface area contributed by atoms with Gasteiger partial charge in [-0.3, -0.25) is 4.79 Å². The van der Waals surface area contributed by atoms with E-state index in [1.54, 1.807) is 0 Å². The molecule has 1 aromatic carbocycles. The van der Waals surface area contributed by atoms with Gasteiger partial charge < -0.3 is 14.2 Å². The Hall–Kier alpha value is -2.14. The first kappa shape index (κ1) is 30.1. The van der Waals surface area contributed by atoms with Gasteiger partial charge in [0.25, 0.3) is 0 Å². The van der Waals surface area contributed by atoms with Gasteiger partial charge >= 0.3 is 11.9 Å². The number of carbonyl (C=O) groups excluding carboxylic acids is 2. The van der Waals surface area contributed by atoms with Gasteiger partial charge in [0.15, 0.2) is 6.10 Å². The third kappa shape index (κ3) is 12.7.